The molecule has 0 spiro atoms. The number of unbranched alkanes of at least 4 members (excludes halogenated alkanes) is 2. The maximum atomic E-state index is 12.4. The lowest BCUT2D eigenvalue weighted by atomic mass is 10.1. The van der Waals surface area contributed by atoms with Gasteiger partial charge in [0.1, 0.15) is 0 Å². The number of nitrogens with one attached hydrogen (secondary N) is 4. The molecule has 4 amide bonds. The SMILES string of the molecule is CCCCC(=O)Nc1ccc(C(=O)N/N=C/c2ccc(/C=N/NC(=O)c3ccc(NC(=O)CCCC)cc3)cc2)cc1. The average molecular weight is 569 g/mol. The number of hydrogen-bond donors (Lipinski definition) is 4. The molecular weight excluding hydrogens is 532 g/mol. The van der Waals surface area contributed by atoms with Crippen molar-refractivity contribution in [3.8, 4) is 0 Å². The first-order valence-corrected chi connectivity index (χ1v) is 13.9. The highest BCUT2D eigenvalue weighted by Gasteiger charge is 2.07. The molecule has 0 aromatic heterocycles. The van der Waals surface area contributed by atoms with Gasteiger partial charge in [-0.3, -0.25) is 19.2 Å². The molecule has 10 heteroatoms. The maximum Gasteiger partial charge on any atom is 0.271 e. The van der Waals surface area contributed by atoms with Gasteiger partial charge >= 0.3 is 0 Å². The summed E-state index contributed by atoms with van der Waals surface area (Å²) in [6.45, 7) is 4.06. The summed E-state index contributed by atoms with van der Waals surface area (Å²) in [6.07, 6.45) is 7.52. The third-order valence-corrected chi connectivity index (χ3v) is 6.07. The predicted molar refractivity (Wildman–Crippen MR) is 166 cm³/mol. The molecule has 3 aromatic rings. The van der Waals surface area contributed by atoms with Crippen LogP contribution in [-0.2, 0) is 9.59 Å². The zero-order chi connectivity index (χ0) is 30.2. The molecule has 0 saturated carbocycles. The van der Waals surface area contributed by atoms with E-state index < -0.39 is 0 Å². The Morgan fingerprint density at radius 2 is 0.929 bits per heavy atom. The number of carbonyl (C=O) groups excluding carboxylic acids is 4. The van der Waals surface area contributed by atoms with Gasteiger partial charge in [-0.2, -0.15) is 10.2 Å². The van der Waals surface area contributed by atoms with E-state index in [-0.39, 0.29) is 23.6 Å². The number of amides is 4. The molecule has 0 radical (unpaired) electrons. The van der Waals surface area contributed by atoms with Crippen molar-refractivity contribution < 1.29 is 19.2 Å². The van der Waals surface area contributed by atoms with Crippen LogP contribution in [0.2, 0.25) is 0 Å². The molecule has 0 aliphatic heterocycles. The number of hydrazone groups is 2. The molecule has 0 aliphatic rings. The normalized spacial score (nSPS) is 10.9. The molecular formula is C32H36N6O4. The Kier molecular flexibility index (Phi) is 12.6. The number of hydrogen-bond acceptors (Lipinski definition) is 6. The zero-order valence-corrected chi connectivity index (χ0v) is 23.9. The maximum absolute atomic E-state index is 12.4. The summed E-state index contributed by atoms with van der Waals surface area (Å²) in [5.41, 5.74) is 8.57. The minimum atomic E-state index is -0.374. The minimum absolute atomic E-state index is 0.0481. The van der Waals surface area contributed by atoms with Crippen molar-refractivity contribution in [3.63, 3.8) is 0 Å². The van der Waals surface area contributed by atoms with Crippen molar-refractivity contribution in [3.05, 3.63) is 95.1 Å². The lowest BCUT2D eigenvalue weighted by molar-refractivity contribution is -0.117. The first-order valence-electron chi connectivity index (χ1n) is 13.9. The van der Waals surface area contributed by atoms with E-state index in [9.17, 15) is 19.2 Å². The van der Waals surface area contributed by atoms with Gasteiger partial charge in [0.2, 0.25) is 11.8 Å². The molecule has 3 rings (SSSR count). The topological polar surface area (TPSA) is 141 Å². The summed E-state index contributed by atoms with van der Waals surface area (Å²) in [5.74, 6) is -0.844. The molecule has 4 N–H and O–H groups in total. The molecule has 0 unspecified atom stereocenters. The second-order valence-corrected chi connectivity index (χ2v) is 9.52. The van der Waals surface area contributed by atoms with Crippen LogP contribution in [0.5, 0.6) is 0 Å². The molecule has 0 fully saturated rings. The van der Waals surface area contributed by atoms with E-state index in [1.807, 2.05) is 13.8 Å². The van der Waals surface area contributed by atoms with Crippen LogP contribution in [0.4, 0.5) is 11.4 Å². The Bertz CT molecular complexity index is 1290. The van der Waals surface area contributed by atoms with E-state index in [2.05, 4.69) is 31.7 Å². The molecule has 0 bridgehead atoms. The quantitative estimate of drug-likeness (QED) is 0.151. The van der Waals surface area contributed by atoms with E-state index in [4.69, 9.17) is 0 Å². The van der Waals surface area contributed by atoms with Gasteiger partial charge < -0.3 is 10.6 Å². The van der Waals surface area contributed by atoms with Crippen molar-refractivity contribution in [2.75, 3.05) is 10.6 Å². The van der Waals surface area contributed by atoms with Crippen LogP contribution in [0.25, 0.3) is 0 Å². The van der Waals surface area contributed by atoms with Crippen LogP contribution in [-0.4, -0.2) is 36.1 Å². The number of benzene rings is 3. The summed E-state index contributed by atoms with van der Waals surface area (Å²) in [4.78, 5) is 48.4. The number of carbonyl (C=O) groups is 4. The Morgan fingerprint density at radius 1 is 0.571 bits per heavy atom. The molecule has 42 heavy (non-hydrogen) atoms. The highest BCUT2D eigenvalue weighted by molar-refractivity contribution is 5.97. The van der Waals surface area contributed by atoms with Gasteiger partial charge in [-0.05, 0) is 72.5 Å². The van der Waals surface area contributed by atoms with E-state index in [0.717, 1.165) is 36.8 Å². The van der Waals surface area contributed by atoms with E-state index in [1.54, 1.807) is 72.8 Å². The lowest BCUT2D eigenvalue weighted by Gasteiger charge is -2.06. The fourth-order valence-corrected chi connectivity index (χ4v) is 3.66. The van der Waals surface area contributed by atoms with Crippen molar-refractivity contribution in [2.45, 2.75) is 52.4 Å². The van der Waals surface area contributed by atoms with Gasteiger partial charge in [0, 0.05) is 35.3 Å². The Hall–Kier alpha value is -5.12. The highest BCUT2D eigenvalue weighted by atomic mass is 16.2. The molecule has 0 atom stereocenters. The van der Waals surface area contributed by atoms with Crippen LogP contribution in [0.3, 0.4) is 0 Å². The van der Waals surface area contributed by atoms with E-state index in [0.29, 0.717) is 35.3 Å². The Labute approximate surface area is 245 Å². The lowest BCUT2D eigenvalue weighted by Crippen LogP contribution is -2.18. The molecule has 218 valence electrons. The molecule has 0 aliphatic carbocycles. The van der Waals surface area contributed by atoms with Crippen LogP contribution in [0.1, 0.15) is 84.2 Å². The number of anilines is 2. The van der Waals surface area contributed by atoms with Crippen molar-refractivity contribution >= 4 is 47.4 Å². The fraction of sp³-hybridized carbons (Fsp3) is 0.250. The largest absolute Gasteiger partial charge is 0.326 e. The second kappa shape index (κ2) is 16.9. The summed E-state index contributed by atoms with van der Waals surface area (Å²) in [7, 11) is 0. The van der Waals surface area contributed by atoms with Gasteiger partial charge in [-0.15, -0.1) is 0 Å². The summed E-state index contributed by atoms with van der Waals surface area (Å²) in [6, 6.07) is 20.4. The van der Waals surface area contributed by atoms with Crippen LogP contribution in [0.15, 0.2) is 83.0 Å². The molecule has 0 heterocycles. The Morgan fingerprint density at radius 3 is 1.26 bits per heavy atom. The number of rotatable bonds is 14. The van der Waals surface area contributed by atoms with Gasteiger partial charge in [-0.1, -0.05) is 51.0 Å². The van der Waals surface area contributed by atoms with Gasteiger partial charge in [0.25, 0.3) is 11.8 Å². The summed E-state index contributed by atoms with van der Waals surface area (Å²) < 4.78 is 0. The smallest absolute Gasteiger partial charge is 0.271 e. The van der Waals surface area contributed by atoms with Crippen molar-refractivity contribution in [1.29, 1.82) is 0 Å². The molecule has 3 aromatic carbocycles. The van der Waals surface area contributed by atoms with Gasteiger partial charge in [0.15, 0.2) is 0 Å². The minimum Gasteiger partial charge on any atom is -0.326 e. The Balaban J connectivity index is 1.43. The standard InChI is InChI=1S/C32H36N6O4/c1-3-5-7-29(39)35-27-17-13-25(14-18-27)31(41)37-33-21-23-9-11-24(12-10-23)22-34-38-32(42)26-15-19-28(20-16-26)36-30(40)8-6-4-2/h9-22H,3-8H2,1-2H3,(H,35,39)(H,36,40)(H,37,41)(H,38,42)/b33-21+,34-22+. The molecule has 0 saturated heterocycles. The van der Waals surface area contributed by atoms with Crippen LogP contribution < -0.4 is 21.5 Å². The van der Waals surface area contributed by atoms with E-state index in [1.165, 1.54) is 12.4 Å². The fourth-order valence-electron chi connectivity index (χ4n) is 3.66. The van der Waals surface area contributed by atoms with E-state index >= 15 is 0 Å². The average Bonchev–Trinajstić information content (AvgIpc) is 3.00. The van der Waals surface area contributed by atoms with Gasteiger partial charge in [-0.25, -0.2) is 10.9 Å². The number of nitrogens with zero attached hydrogens (tertiary/aromatic N) is 2. The van der Waals surface area contributed by atoms with Crippen molar-refractivity contribution in [1.82, 2.24) is 10.9 Å². The highest BCUT2D eigenvalue weighted by Crippen LogP contribution is 2.12. The first kappa shape index (κ1) is 31.4. The van der Waals surface area contributed by atoms with Crippen LogP contribution in [0, 0.1) is 0 Å². The monoisotopic (exact) mass is 568 g/mol. The van der Waals surface area contributed by atoms with Crippen LogP contribution >= 0.6 is 0 Å². The summed E-state index contributed by atoms with van der Waals surface area (Å²) >= 11 is 0. The summed E-state index contributed by atoms with van der Waals surface area (Å²) in [5, 5.41) is 13.6. The second-order valence-electron chi connectivity index (χ2n) is 9.52. The van der Waals surface area contributed by atoms with Gasteiger partial charge in [0.05, 0.1) is 12.4 Å². The van der Waals surface area contributed by atoms with Crippen molar-refractivity contribution in [2.24, 2.45) is 10.2 Å². The molecule has 10 nitrogen and oxygen atoms in total. The third-order valence-electron chi connectivity index (χ3n) is 6.07. The predicted octanol–water partition coefficient (Wildman–Crippen LogP) is 5.47. The first-order chi connectivity index (χ1) is 20.4. The third kappa shape index (κ3) is 10.8. The zero-order valence-electron chi connectivity index (χ0n) is 23.9.